The Balaban J connectivity index is 3.03. The average molecular weight is 338 g/mol. The maximum Gasteiger partial charge on any atom is 0.133 e. The Morgan fingerprint density at radius 2 is 2.33 bits per heavy atom. The summed E-state index contributed by atoms with van der Waals surface area (Å²) in [5, 5.41) is 9.34. The fraction of sp³-hybridized carbons (Fsp3) is 0.364. The molecule has 0 aliphatic heterocycles. The number of hydrogen-bond donors (Lipinski definition) is 1. The van der Waals surface area contributed by atoms with Crippen LogP contribution in [0.2, 0.25) is 5.15 Å². The van der Waals surface area contributed by atoms with Gasteiger partial charge in [0.2, 0.25) is 0 Å². The molecule has 0 atom stereocenters. The Morgan fingerprint density at radius 1 is 1.67 bits per heavy atom. The van der Waals surface area contributed by atoms with Crippen LogP contribution in [0.3, 0.4) is 0 Å². The molecule has 1 aromatic rings. The summed E-state index contributed by atoms with van der Waals surface area (Å²) in [6.07, 6.45) is 1.30. The molecule has 82 valence electrons. The Labute approximate surface area is 109 Å². The molecule has 0 aliphatic rings. The first kappa shape index (κ1) is 12.9. The molecule has 0 aliphatic carbocycles. The molecule has 0 fully saturated rings. The minimum Gasteiger partial charge on any atom is -0.396 e. The molecule has 15 heavy (non-hydrogen) atoms. The van der Waals surface area contributed by atoms with Crippen LogP contribution in [-0.4, -0.2) is 16.7 Å². The molecule has 0 unspecified atom stereocenters. The largest absolute Gasteiger partial charge is 0.396 e. The van der Waals surface area contributed by atoms with Crippen molar-refractivity contribution in [2.45, 2.75) is 19.8 Å². The molecule has 0 bridgehead atoms. The first-order valence-corrected chi connectivity index (χ1v) is 6.09. The van der Waals surface area contributed by atoms with Crippen molar-refractivity contribution >= 4 is 34.2 Å². The first-order chi connectivity index (χ1) is 7.04. The molecule has 1 rings (SSSR count). The Bertz CT molecular complexity index is 356. The Hall–Kier alpha value is -0.130. The van der Waals surface area contributed by atoms with Gasteiger partial charge in [0.05, 0.1) is 0 Å². The number of aromatic nitrogens is 1. The van der Waals surface area contributed by atoms with Gasteiger partial charge in [-0.15, -0.1) is 0 Å². The summed E-state index contributed by atoms with van der Waals surface area (Å²) in [6.45, 7) is 5.92. The third-order valence-corrected chi connectivity index (χ3v) is 3.19. The van der Waals surface area contributed by atoms with Gasteiger partial charge in [-0.1, -0.05) is 23.8 Å². The highest BCUT2D eigenvalue weighted by molar-refractivity contribution is 14.1. The van der Waals surface area contributed by atoms with Crippen LogP contribution < -0.4 is 0 Å². The van der Waals surface area contributed by atoms with Gasteiger partial charge in [0, 0.05) is 27.9 Å². The second-order valence-corrected chi connectivity index (χ2v) is 4.99. The van der Waals surface area contributed by atoms with Crippen molar-refractivity contribution in [1.29, 1.82) is 0 Å². The van der Waals surface area contributed by atoms with Gasteiger partial charge in [-0.05, 0) is 42.0 Å². The maximum atomic E-state index is 8.82. The lowest BCUT2D eigenvalue weighted by Crippen LogP contribution is -2.01. The van der Waals surface area contributed by atoms with Gasteiger partial charge in [0.1, 0.15) is 5.15 Å². The van der Waals surface area contributed by atoms with Crippen molar-refractivity contribution in [2.24, 2.45) is 0 Å². The fourth-order valence-corrected chi connectivity index (χ4v) is 2.50. The van der Waals surface area contributed by atoms with E-state index in [4.69, 9.17) is 16.7 Å². The van der Waals surface area contributed by atoms with Crippen LogP contribution >= 0.6 is 34.2 Å². The van der Waals surface area contributed by atoms with Crippen molar-refractivity contribution in [3.8, 4) is 0 Å². The van der Waals surface area contributed by atoms with Crippen molar-refractivity contribution in [1.82, 2.24) is 4.98 Å². The van der Waals surface area contributed by atoms with Crippen molar-refractivity contribution in [3.05, 3.63) is 38.2 Å². The number of halogens is 2. The molecule has 0 saturated heterocycles. The first-order valence-electron chi connectivity index (χ1n) is 4.63. The number of hydrogen-bond acceptors (Lipinski definition) is 2. The summed E-state index contributed by atoms with van der Waals surface area (Å²) in [7, 11) is 0. The summed E-state index contributed by atoms with van der Waals surface area (Å²) in [6, 6.07) is 1.96. The van der Waals surface area contributed by atoms with E-state index in [-0.39, 0.29) is 6.61 Å². The van der Waals surface area contributed by atoms with Gasteiger partial charge >= 0.3 is 0 Å². The van der Waals surface area contributed by atoms with E-state index in [2.05, 4.69) is 34.2 Å². The average Bonchev–Trinajstić information content (AvgIpc) is 2.11. The molecular weight excluding hydrogens is 324 g/mol. The molecule has 1 N–H and O–H groups in total. The number of rotatable bonds is 4. The van der Waals surface area contributed by atoms with Crippen molar-refractivity contribution in [3.63, 3.8) is 0 Å². The van der Waals surface area contributed by atoms with Crippen LogP contribution in [0.5, 0.6) is 0 Å². The van der Waals surface area contributed by atoms with Crippen LogP contribution in [0.15, 0.2) is 18.2 Å². The maximum absolute atomic E-state index is 8.82. The molecule has 2 nitrogen and oxygen atoms in total. The minimum absolute atomic E-state index is 0.0965. The van der Waals surface area contributed by atoms with Gasteiger partial charge in [-0.3, -0.25) is 0 Å². The number of aliphatic hydroxyl groups is 1. The van der Waals surface area contributed by atoms with Crippen LogP contribution in [0.25, 0.3) is 0 Å². The fourth-order valence-electron chi connectivity index (χ4n) is 1.26. The third-order valence-electron chi connectivity index (χ3n) is 1.92. The highest BCUT2D eigenvalue weighted by Crippen LogP contribution is 2.23. The zero-order valence-electron chi connectivity index (χ0n) is 8.56. The van der Waals surface area contributed by atoms with E-state index in [1.54, 1.807) is 0 Å². The summed E-state index contributed by atoms with van der Waals surface area (Å²) in [5.74, 6) is 0. The number of aliphatic hydroxyl groups excluding tert-OH is 1. The third kappa shape index (κ3) is 3.74. The van der Waals surface area contributed by atoms with Gasteiger partial charge in [0.15, 0.2) is 0 Å². The zero-order valence-corrected chi connectivity index (χ0v) is 11.5. The molecule has 1 heterocycles. The van der Waals surface area contributed by atoms with Gasteiger partial charge in [-0.2, -0.15) is 0 Å². The van der Waals surface area contributed by atoms with E-state index >= 15 is 0 Å². The SMILES string of the molecule is C=C(C)Cc1c(I)cc(CCO)nc1Cl. The molecule has 0 spiro atoms. The standard InChI is InChI=1S/C11H13ClINO/c1-7(2)5-9-10(13)6-8(3-4-15)14-11(9)12/h6,15H,1,3-5H2,2H3. The quantitative estimate of drug-likeness (QED) is 0.520. The summed E-state index contributed by atoms with van der Waals surface area (Å²) >= 11 is 8.31. The van der Waals surface area contributed by atoms with E-state index in [1.165, 1.54) is 0 Å². The van der Waals surface area contributed by atoms with Crippen LogP contribution in [0.4, 0.5) is 0 Å². The lowest BCUT2D eigenvalue weighted by molar-refractivity contribution is 0.298. The lowest BCUT2D eigenvalue weighted by Gasteiger charge is -2.08. The van der Waals surface area contributed by atoms with Crippen molar-refractivity contribution < 1.29 is 5.11 Å². The molecule has 0 saturated carbocycles. The van der Waals surface area contributed by atoms with E-state index in [0.717, 1.165) is 26.8 Å². The lowest BCUT2D eigenvalue weighted by atomic mass is 10.1. The van der Waals surface area contributed by atoms with Crippen LogP contribution in [0, 0.1) is 3.57 Å². The van der Waals surface area contributed by atoms with Crippen LogP contribution in [0.1, 0.15) is 18.2 Å². The number of allylic oxidation sites excluding steroid dienone is 1. The van der Waals surface area contributed by atoms with E-state index in [9.17, 15) is 0 Å². The monoisotopic (exact) mass is 337 g/mol. The Kier molecular flexibility index (Phi) is 5.02. The van der Waals surface area contributed by atoms with Crippen molar-refractivity contribution in [2.75, 3.05) is 6.61 Å². The smallest absolute Gasteiger partial charge is 0.133 e. The second kappa shape index (κ2) is 5.82. The molecule has 1 aromatic heterocycles. The summed E-state index contributed by atoms with van der Waals surface area (Å²) in [5.41, 5.74) is 2.91. The number of nitrogens with zero attached hydrogens (tertiary/aromatic N) is 1. The molecule has 4 heteroatoms. The van der Waals surface area contributed by atoms with Gasteiger partial charge in [-0.25, -0.2) is 4.98 Å². The molecule has 0 radical (unpaired) electrons. The zero-order chi connectivity index (χ0) is 11.4. The highest BCUT2D eigenvalue weighted by atomic mass is 127. The molecule has 0 aromatic carbocycles. The predicted molar refractivity (Wildman–Crippen MR) is 71.3 cm³/mol. The normalized spacial score (nSPS) is 10.4. The minimum atomic E-state index is 0.0965. The highest BCUT2D eigenvalue weighted by Gasteiger charge is 2.09. The summed E-state index contributed by atoms with van der Waals surface area (Å²) < 4.78 is 1.08. The Morgan fingerprint density at radius 3 is 2.80 bits per heavy atom. The van der Waals surface area contributed by atoms with E-state index in [0.29, 0.717) is 11.6 Å². The number of pyridine rings is 1. The topological polar surface area (TPSA) is 33.1 Å². The summed E-state index contributed by atoms with van der Waals surface area (Å²) in [4.78, 5) is 4.24. The predicted octanol–water partition coefficient (Wildman–Crippen LogP) is 2.99. The van der Waals surface area contributed by atoms with Gasteiger partial charge in [0.25, 0.3) is 0 Å². The van der Waals surface area contributed by atoms with E-state index < -0.39 is 0 Å². The second-order valence-electron chi connectivity index (χ2n) is 3.47. The molecule has 0 amide bonds. The van der Waals surface area contributed by atoms with Crippen LogP contribution in [-0.2, 0) is 12.8 Å². The molecular formula is C11H13ClINO. The van der Waals surface area contributed by atoms with E-state index in [1.807, 2.05) is 13.0 Å². The van der Waals surface area contributed by atoms with Gasteiger partial charge < -0.3 is 5.11 Å².